The molecule has 5 heteroatoms. The average molecular weight is 300 g/mol. The van der Waals surface area contributed by atoms with Gasteiger partial charge in [0.05, 0.1) is 39.6 Å². The minimum absolute atomic E-state index is 0.0928. The summed E-state index contributed by atoms with van der Waals surface area (Å²) in [6.07, 6.45) is 0. The number of hydrogen-bond donors (Lipinski definition) is 1. The Labute approximate surface area is 125 Å². The molecule has 0 amide bonds. The number of aliphatic hydroxyl groups excluding tert-OH is 1. The van der Waals surface area contributed by atoms with E-state index < -0.39 is 0 Å². The fourth-order valence-corrected chi connectivity index (χ4v) is 2.61. The lowest BCUT2D eigenvalue weighted by Gasteiger charge is -2.09. The van der Waals surface area contributed by atoms with Crippen LogP contribution >= 0.6 is 11.8 Å². The minimum atomic E-state index is 0.0928. The van der Waals surface area contributed by atoms with Crippen LogP contribution in [0, 0.1) is 6.92 Å². The zero-order valence-corrected chi connectivity index (χ0v) is 13.1. The van der Waals surface area contributed by atoms with E-state index in [1.807, 2.05) is 19.1 Å². The lowest BCUT2D eigenvalue weighted by atomic mass is 10.1. The van der Waals surface area contributed by atoms with Gasteiger partial charge in [-0.25, -0.2) is 0 Å². The molecule has 1 aromatic carbocycles. The van der Waals surface area contributed by atoms with Crippen molar-refractivity contribution < 1.29 is 19.3 Å². The van der Waals surface area contributed by atoms with E-state index in [9.17, 15) is 5.11 Å². The zero-order valence-electron chi connectivity index (χ0n) is 12.3. The monoisotopic (exact) mass is 300 g/mol. The molecule has 0 radical (unpaired) electrons. The maximum absolute atomic E-state index is 9.22. The fourth-order valence-electron chi connectivity index (χ4n) is 1.66. The molecule has 1 N–H and O–H groups in total. The molecule has 1 rings (SSSR count). The normalized spacial score (nSPS) is 10.9. The third kappa shape index (κ3) is 6.72. The predicted octanol–water partition coefficient (Wildman–Crippen LogP) is 2.26. The van der Waals surface area contributed by atoms with Crippen LogP contribution in [-0.2, 0) is 20.8 Å². The summed E-state index contributed by atoms with van der Waals surface area (Å²) in [5.41, 5.74) is 2.14. The number of hydrogen-bond acceptors (Lipinski definition) is 5. The van der Waals surface area contributed by atoms with Crippen molar-refractivity contribution >= 4 is 11.8 Å². The Morgan fingerprint density at radius 3 is 2.45 bits per heavy atom. The molecule has 0 fully saturated rings. The van der Waals surface area contributed by atoms with Crippen LogP contribution in [0.3, 0.4) is 0 Å². The molecule has 114 valence electrons. The van der Waals surface area contributed by atoms with E-state index in [1.54, 1.807) is 18.9 Å². The Morgan fingerprint density at radius 1 is 1.05 bits per heavy atom. The van der Waals surface area contributed by atoms with Crippen LogP contribution in [0.5, 0.6) is 0 Å². The van der Waals surface area contributed by atoms with Crippen molar-refractivity contribution in [3.05, 3.63) is 29.3 Å². The summed E-state index contributed by atoms with van der Waals surface area (Å²) in [5.74, 6) is 0.897. The van der Waals surface area contributed by atoms with E-state index in [0.717, 1.165) is 16.9 Å². The standard InChI is InChI=1S/C15H24O4S/c1-13-14(12-16)4-3-5-15(13)20-11-10-19-9-8-18-7-6-17-2/h3-5,16H,6-12H2,1-2H3. The third-order valence-electron chi connectivity index (χ3n) is 2.86. The van der Waals surface area contributed by atoms with Crippen molar-refractivity contribution in [2.24, 2.45) is 0 Å². The van der Waals surface area contributed by atoms with E-state index in [0.29, 0.717) is 33.0 Å². The number of methoxy groups -OCH3 is 1. The van der Waals surface area contributed by atoms with Crippen LogP contribution in [0.25, 0.3) is 0 Å². The van der Waals surface area contributed by atoms with Gasteiger partial charge in [0.25, 0.3) is 0 Å². The smallest absolute Gasteiger partial charge is 0.0701 e. The number of aliphatic hydroxyl groups is 1. The number of benzene rings is 1. The SMILES string of the molecule is COCCOCCOCCSc1cccc(CO)c1C. The van der Waals surface area contributed by atoms with Crippen LogP contribution in [0.4, 0.5) is 0 Å². The van der Waals surface area contributed by atoms with Gasteiger partial charge in [-0.1, -0.05) is 12.1 Å². The molecule has 0 aliphatic rings. The first kappa shape index (κ1) is 17.5. The second-order valence-electron chi connectivity index (χ2n) is 4.26. The van der Waals surface area contributed by atoms with Crippen LogP contribution in [0.15, 0.2) is 23.1 Å². The van der Waals surface area contributed by atoms with Gasteiger partial charge in [0.15, 0.2) is 0 Å². The summed E-state index contributed by atoms with van der Waals surface area (Å²) in [6.45, 7) is 5.28. The molecule has 4 nitrogen and oxygen atoms in total. The summed E-state index contributed by atoms with van der Waals surface area (Å²) >= 11 is 1.75. The highest BCUT2D eigenvalue weighted by Crippen LogP contribution is 2.24. The average Bonchev–Trinajstić information content (AvgIpc) is 2.47. The molecular weight excluding hydrogens is 276 g/mol. The first-order valence-electron chi connectivity index (χ1n) is 6.76. The molecule has 0 unspecified atom stereocenters. The fraction of sp³-hybridized carbons (Fsp3) is 0.600. The molecule has 0 saturated carbocycles. The van der Waals surface area contributed by atoms with Gasteiger partial charge in [-0.2, -0.15) is 0 Å². The molecule has 1 aromatic rings. The van der Waals surface area contributed by atoms with Gasteiger partial charge in [-0.15, -0.1) is 11.8 Å². The van der Waals surface area contributed by atoms with E-state index in [4.69, 9.17) is 14.2 Å². The Bertz CT molecular complexity index is 371. The summed E-state index contributed by atoms with van der Waals surface area (Å²) in [5, 5.41) is 9.22. The third-order valence-corrected chi connectivity index (χ3v) is 3.98. The molecule has 0 heterocycles. The van der Waals surface area contributed by atoms with Gasteiger partial charge in [0, 0.05) is 17.8 Å². The van der Waals surface area contributed by atoms with Gasteiger partial charge >= 0.3 is 0 Å². The van der Waals surface area contributed by atoms with Gasteiger partial charge in [-0.05, 0) is 24.1 Å². The second kappa shape index (κ2) is 11.1. The van der Waals surface area contributed by atoms with E-state index in [1.165, 1.54) is 4.90 Å². The Balaban J connectivity index is 2.09. The molecule has 0 aromatic heterocycles. The number of ether oxygens (including phenoxy) is 3. The lowest BCUT2D eigenvalue weighted by molar-refractivity contribution is 0.0286. The Morgan fingerprint density at radius 2 is 1.75 bits per heavy atom. The van der Waals surface area contributed by atoms with Crippen molar-refractivity contribution in [3.8, 4) is 0 Å². The minimum Gasteiger partial charge on any atom is -0.392 e. The highest BCUT2D eigenvalue weighted by molar-refractivity contribution is 7.99. The highest BCUT2D eigenvalue weighted by atomic mass is 32.2. The zero-order chi connectivity index (χ0) is 14.6. The summed E-state index contributed by atoms with van der Waals surface area (Å²) in [7, 11) is 1.66. The molecule has 0 saturated heterocycles. The van der Waals surface area contributed by atoms with Gasteiger partial charge < -0.3 is 19.3 Å². The Hall–Kier alpha value is -0.590. The van der Waals surface area contributed by atoms with Crippen molar-refractivity contribution in [1.29, 1.82) is 0 Å². The largest absolute Gasteiger partial charge is 0.392 e. The maximum atomic E-state index is 9.22. The van der Waals surface area contributed by atoms with Crippen molar-refractivity contribution in [2.75, 3.05) is 45.9 Å². The summed E-state index contributed by atoms with van der Waals surface area (Å²) in [6, 6.07) is 6.01. The summed E-state index contributed by atoms with van der Waals surface area (Å²) < 4.78 is 15.7. The Kier molecular flexibility index (Phi) is 9.70. The van der Waals surface area contributed by atoms with Gasteiger partial charge in [-0.3, -0.25) is 0 Å². The highest BCUT2D eigenvalue weighted by Gasteiger charge is 2.03. The predicted molar refractivity (Wildman–Crippen MR) is 81.3 cm³/mol. The van der Waals surface area contributed by atoms with Gasteiger partial charge in [0.1, 0.15) is 0 Å². The quantitative estimate of drug-likeness (QED) is 0.502. The van der Waals surface area contributed by atoms with Crippen LogP contribution in [0.2, 0.25) is 0 Å². The molecular formula is C15H24O4S. The van der Waals surface area contributed by atoms with Crippen molar-refractivity contribution in [2.45, 2.75) is 18.4 Å². The molecule has 0 spiro atoms. The first-order chi connectivity index (χ1) is 9.79. The molecule has 20 heavy (non-hydrogen) atoms. The topological polar surface area (TPSA) is 47.9 Å². The van der Waals surface area contributed by atoms with E-state index >= 15 is 0 Å². The van der Waals surface area contributed by atoms with Crippen LogP contribution < -0.4 is 0 Å². The van der Waals surface area contributed by atoms with Crippen LogP contribution in [0.1, 0.15) is 11.1 Å². The van der Waals surface area contributed by atoms with E-state index in [-0.39, 0.29) is 6.61 Å². The molecule has 0 aliphatic heterocycles. The van der Waals surface area contributed by atoms with Crippen LogP contribution in [-0.4, -0.2) is 51.0 Å². The number of thioether (sulfide) groups is 1. The van der Waals surface area contributed by atoms with Crippen molar-refractivity contribution in [1.82, 2.24) is 0 Å². The first-order valence-corrected chi connectivity index (χ1v) is 7.74. The molecule has 0 atom stereocenters. The second-order valence-corrected chi connectivity index (χ2v) is 5.40. The molecule has 0 bridgehead atoms. The van der Waals surface area contributed by atoms with E-state index in [2.05, 4.69) is 6.07 Å². The lowest BCUT2D eigenvalue weighted by Crippen LogP contribution is -2.09. The molecule has 0 aliphatic carbocycles. The number of rotatable bonds is 11. The van der Waals surface area contributed by atoms with Gasteiger partial charge in [0.2, 0.25) is 0 Å². The maximum Gasteiger partial charge on any atom is 0.0701 e. The van der Waals surface area contributed by atoms with Crippen molar-refractivity contribution in [3.63, 3.8) is 0 Å². The summed E-state index contributed by atoms with van der Waals surface area (Å²) in [4.78, 5) is 1.21.